The molecular weight excluding hydrogens is 256 g/mol. The Balaban J connectivity index is 1.71. The lowest BCUT2D eigenvalue weighted by atomic mass is 9.72. The first-order chi connectivity index (χ1) is 9.84. The quantitative estimate of drug-likeness (QED) is 0.482. The molecule has 1 nitrogen and oxygen atoms in total. The van der Waals surface area contributed by atoms with Gasteiger partial charge in [0.15, 0.2) is 0 Å². The molecule has 0 unspecified atom stereocenters. The summed E-state index contributed by atoms with van der Waals surface area (Å²) < 4.78 is 6.02. The highest BCUT2D eigenvalue weighted by molar-refractivity contribution is 5.18. The van der Waals surface area contributed by atoms with E-state index in [1.807, 2.05) is 0 Å². The van der Waals surface area contributed by atoms with E-state index in [4.69, 9.17) is 4.74 Å². The molecule has 3 aliphatic rings. The third-order valence-corrected chi connectivity index (χ3v) is 6.43. The van der Waals surface area contributed by atoms with E-state index in [0.717, 1.165) is 11.8 Å². The summed E-state index contributed by atoms with van der Waals surface area (Å²) in [6.45, 7) is 13.7. The Labute approximate surface area is 130 Å². The van der Waals surface area contributed by atoms with Crippen LogP contribution in [0.2, 0.25) is 0 Å². The van der Waals surface area contributed by atoms with E-state index in [1.54, 1.807) is 0 Å². The number of ether oxygens (including phenoxy) is 1. The van der Waals surface area contributed by atoms with Crippen LogP contribution in [-0.4, -0.2) is 11.7 Å². The summed E-state index contributed by atoms with van der Waals surface area (Å²) in [7, 11) is 0. The molecule has 0 radical (unpaired) electrons. The summed E-state index contributed by atoms with van der Waals surface area (Å²) in [5, 5.41) is 0. The van der Waals surface area contributed by atoms with Crippen molar-refractivity contribution in [2.24, 2.45) is 17.3 Å². The number of hydrogen-bond donors (Lipinski definition) is 0. The van der Waals surface area contributed by atoms with Gasteiger partial charge in [-0.3, -0.25) is 0 Å². The molecular formula is C20H32O. The molecule has 1 aliphatic heterocycles. The van der Waals surface area contributed by atoms with Crippen LogP contribution in [0, 0.1) is 17.3 Å². The van der Waals surface area contributed by atoms with Crippen LogP contribution in [0.3, 0.4) is 0 Å². The van der Waals surface area contributed by atoms with Crippen LogP contribution in [-0.2, 0) is 4.74 Å². The predicted molar refractivity (Wildman–Crippen MR) is 89.3 cm³/mol. The second-order valence-corrected chi connectivity index (χ2v) is 8.54. The van der Waals surface area contributed by atoms with Gasteiger partial charge in [0.25, 0.3) is 0 Å². The minimum atomic E-state index is 0.180. The molecule has 3 fully saturated rings. The first kappa shape index (κ1) is 15.3. The van der Waals surface area contributed by atoms with Gasteiger partial charge in [-0.05, 0) is 83.0 Å². The highest BCUT2D eigenvalue weighted by Crippen LogP contribution is 2.61. The van der Waals surface area contributed by atoms with Gasteiger partial charge in [-0.15, -0.1) is 0 Å². The van der Waals surface area contributed by atoms with Gasteiger partial charge in [0, 0.05) is 0 Å². The van der Waals surface area contributed by atoms with Crippen molar-refractivity contribution in [3.63, 3.8) is 0 Å². The molecule has 5 atom stereocenters. The van der Waals surface area contributed by atoms with Gasteiger partial charge in [-0.1, -0.05) is 30.7 Å². The minimum absolute atomic E-state index is 0.180. The van der Waals surface area contributed by atoms with E-state index in [1.165, 1.54) is 56.1 Å². The van der Waals surface area contributed by atoms with Crippen LogP contribution < -0.4 is 0 Å². The molecule has 0 bridgehead atoms. The first-order valence-corrected chi connectivity index (χ1v) is 8.83. The maximum atomic E-state index is 6.02. The third-order valence-electron chi connectivity index (χ3n) is 6.43. The van der Waals surface area contributed by atoms with Gasteiger partial charge in [0.05, 0.1) is 11.7 Å². The maximum absolute atomic E-state index is 6.02. The SMILES string of the molecule is C=C1CC[C@@H]2O[C@@]2(C)CC[C@](C)(CCC=C(C)C)[C@H]2C[C@H]12. The van der Waals surface area contributed by atoms with Crippen molar-refractivity contribution in [1.82, 2.24) is 0 Å². The largest absolute Gasteiger partial charge is 0.366 e. The van der Waals surface area contributed by atoms with Crippen molar-refractivity contribution in [2.75, 3.05) is 0 Å². The van der Waals surface area contributed by atoms with Crippen molar-refractivity contribution in [1.29, 1.82) is 0 Å². The van der Waals surface area contributed by atoms with Crippen LogP contribution in [0.4, 0.5) is 0 Å². The van der Waals surface area contributed by atoms with Crippen LogP contribution in [0.25, 0.3) is 0 Å². The van der Waals surface area contributed by atoms with Gasteiger partial charge >= 0.3 is 0 Å². The molecule has 0 N–H and O–H groups in total. The lowest BCUT2D eigenvalue weighted by Gasteiger charge is -2.32. The van der Waals surface area contributed by atoms with Gasteiger partial charge in [-0.2, -0.15) is 0 Å². The molecule has 0 aromatic heterocycles. The van der Waals surface area contributed by atoms with Gasteiger partial charge in [-0.25, -0.2) is 0 Å². The molecule has 0 amide bonds. The average Bonchev–Trinajstić information content (AvgIpc) is 3.28. The zero-order valence-corrected chi connectivity index (χ0v) is 14.4. The lowest BCUT2D eigenvalue weighted by molar-refractivity contribution is 0.185. The normalized spacial score (nSPS) is 45.3. The summed E-state index contributed by atoms with van der Waals surface area (Å²) in [6.07, 6.45) is 11.8. The van der Waals surface area contributed by atoms with Crippen LogP contribution in [0.5, 0.6) is 0 Å². The number of allylic oxidation sites excluding steroid dienone is 3. The van der Waals surface area contributed by atoms with Crippen LogP contribution >= 0.6 is 0 Å². The Morgan fingerprint density at radius 3 is 2.81 bits per heavy atom. The third kappa shape index (κ3) is 3.13. The van der Waals surface area contributed by atoms with Crippen molar-refractivity contribution in [3.8, 4) is 0 Å². The van der Waals surface area contributed by atoms with Crippen molar-refractivity contribution < 1.29 is 4.74 Å². The highest BCUT2D eigenvalue weighted by Gasteiger charge is 2.56. The topological polar surface area (TPSA) is 12.5 Å². The minimum Gasteiger partial charge on any atom is -0.366 e. The molecule has 0 aromatic carbocycles. The molecule has 21 heavy (non-hydrogen) atoms. The van der Waals surface area contributed by atoms with E-state index in [2.05, 4.69) is 40.3 Å². The summed E-state index contributed by atoms with van der Waals surface area (Å²) in [4.78, 5) is 0. The Bertz CT molecular complexity index is 458. The number of fused-ring (bicyclic) bond motifs is 2. The second-order valence-electron chi connectivity index (χ2n) is 8.54. The summed E-state index contributed by atoms with van der Waals surface area (Å²) in [6, 6.07) is 0. The Hall–Kier alpha value is -0.560. The molecule has 1 heterocycles. The molecule has 2 aliphatic carbocycles. The zero-order valence-electron chi connectivity index (χ0n) is 14.4. The molecule has 1 heteroatoms. The Kier molecular flexibility index (Phi) is 3.84. The van der Waals surface area contributed by atoms with Crippen LogP contribution in [0.15, 0.2) is 23.8 Å². The van der Waals surface area contributed by atoms with Gasteiger partial charge in [0.2, 0.25) is 0 Å². The molecule has 0 spiro atoms. The van der Waals surface area contributed by atoms with E-state index in [9.17, 15) is 0 Å². The predicted octanol–water partition coefficient (Wildman–Crippen LogP) is 5.66. The number of epoxide rings is 1. The number of rotatable bonds is 3. The fourth-order valence-electron chi connectivity index (χ4n) is 4.51. The average molecular weight is 288 g/mol. The summed E-state index contributed by atoms with van der Waals surface area (Å²) >= 11 is 0. The zero-order chi connectivity index (χ0) is 15.3. The molecule has 118 valence electrons. The lowest BCUT2D eigenvalue weighted by Crippen LogP contribution is -2.25. The Morgan fingerprint density at radius 1 is 1.33 bits per heavy atom. The molecule has 0 aromatic rings. The van der Waals surface area contributed by atoms with Crippen molar-refractivity contribution in [3.05, 3.63) is 23.8 Å². The van der Waals surface area contributed by atoms with Crippen molar-refractivity contribution >= 4 is 0 Å². The second kappa shape index (κ2) is 5.26. The highest BCUT2D eigenvalue weighted by atomic mass is 16.6. The van der Waals surface area contributed by atoms with E-state index in [-0.39, 0.29) is 5.60 Å². The van der Waals surface area contributed by atoms with Gasteiger partial charge < -0.3 is 4.74 Å². The maximum Gasteiger partial charge on any atom is 0.0920 e. The van der Waals surface area contributed by atoms with Crippen LogP contribution in [0.1, 0.15) is 72.6 Å². The smallest absolute Gasteiger partial charge is 0.0920 e. The monoisotopic (exact) mass is 288 g/mol. The summed E-state index contributed by atoms with van der Waals surface area (Å²) in [5.41, 5.74) is 3.62. The fourth-order valence-corrected chi connectivity index (χ4v) is 4.51. The van der Waals surface area contributed by atoms with E-state index >= 15 is 0 Å². The standard InChI is InChI=1S/C20H32O/c1-14(2)7-6-10-19(4)11-12-20(5)18(21-20)9-8-15(3)16-13-17(16)19/h7,16-18H,3,6,8-13H2,1-2,4-5H3/t16-,17+,18+,19+,20+/m1/s1. The fraction of sp³-hybridized carbons (Fsp3) is 0.800. The van der Waals surface area contributed by atoms with E-state index < -0.39 is 0 Å². The van der Waals surface area contributed by atoms with E-state index in [0.29, 0.717) is 11.5 Å². The number of hydrogen-bond acceptors (Lipinski definition) is 1. The van der Waals surface area contributed by atoms with Crippen molar-refractivity contribution in [2.45, 2.75) is 84.3 Å². The summed E-state index contributed by atoms with van der Waals surface area (Å²) in [5.74, 6) is 1.69. The molecule has 3 rings (SSSR count). The molecule has 2 saturated carbocycles. The molecule has 1 saturated heterocycles. The van der Waals surface area contributed by atoms with Gasteiger partial charge in [0.1, 0.15) is 0 Å². The Morgan fingerprint density at radius 2 is 2.10 bits per heavy atom. The first-order valence-electron chi connectivity index (χ1n) is 8.83.